The van der Waals surface area contributed by atoms with Gasteiger partial charge in [0.25, 0.3) is 0 Å². The first-order valence-electron chi connectivity index (χ1n) is 5.74. The second-order valence-corrected chi connectivity index (χ2v) is 4.21. The topological polar surface area (TPSA) is 55.9 Å². The summed E-state index contributed by atoms with van der Waals surface area (Å²) in [6, 6.07) is 8.41. The molecule has 0 bridgehead atoms. The summed E-state index contributed by atoms with van der Waals surface area (Å²) in [7, 11) is 1.86. The zero-order chi connectivity index (χ0) is 12.3. The summed E-state index contributed by atoms with van der Waals surface area (Å²) < 4.78 is 1.71. The third-order valence-corrected chi connectivity index (χ3v) is 2.81. The van der Waals surface area contributed by atoms with Gasteiger partial charge in [0.1, 0.15) is 0 Å². The van der Waals surface area contributed by atoms with Crippen LogP contribution in [0.1, 0.15) is 11.1 Å². The second-order valence-electron chi connectivity index (χ2n) is 4.21. The average Bonchev–Trinajstić information content (AvgIpc) is 2.60. The van der Waals surface area contributed by atoms with Crippen LogP contribution in [0.3, 0.4) is 0 Å². The first-order chi connectivity index (χ1) is 8.16. The molecule has 2 aromatic rings. The Balaban J connectivity index is 1.92. The monoisotopic (exact) mass is 230 g/mol. The summed E-state index contributed by atoms with van der Waals surface area (Å²) in [6.45, 7) is 2.97. The number of aryl methyl sites for hydroxylation is 2. The van der Waals surface area contributed by atoms with Crippen molar-refractivity contribution >= 4 is 11.5 Å². The lowest BCUT2D eigenvalue weighted by Gasteiger charge is -2.06. The third kappa shape index (κ3) is 2.78. The normalized spacial score (nSPS) is 10.5. The van der Waals surface area contributed by atoms with Crippen LogP contribution in [0.25, 0.3) is 0 Å². The Hall–Kier alpha value is -1.97. The molecule has 0 amide bonds. The molecule has 4 heteroatoms. The fraction of sp³-hybridized carbons (Fsp3) is 0.308. The molecule has 3 N–H and O–H groups in total. The van der Waals surface area contributed by atoms with Gasteiger partial charge in [-0.1, -0.05) is 24.3 Å². The largest absolute Gasteiger partial charge is 0.394 e. The number of anilines is 2. The minimum Gasteiger partial charge on any atom is -0.394 e. The van der Waals surface area contributed by atoms with E-state index >= 15 is 0 Å². The smallest absolute Gasteiger partial charge is 0.171 e. The number of rotatable bonds is 4. The van der Waals surface area contributed by atoms with Gasteiger partial charge in [-0.3, -0.25) is 4.68 Å². The molecule has 0 aliphatic heterocycles. The Bertz CT molecular complexity index is 502. The van der Waals surface area contributed by atoms with Gasteiger partial charge in [0.05, 0.1) is 5.69 Å². The molecule has 0 atom stereocenters. The minimum atomic E-state index is 0.692. The lowest BCUT2D eigenvalue weighted by molar-refractivity contribution is 0.768. The molecule has 0 aliphatic carbocycles. The molecule has 0 aliphatic rings. The van der Waals surface area contributed by atoms with Crippen molar-refractivity contribution in [3.8, 4) is 0 Å². The number of benzene rings is 1. The van der Waals surface area contributed by atoms with Gasteiger partial charge in [-0.15, -0.1) is 0 Å². The highest BCUT2D eigenvalue weighted by Gasteiger charge is 2.03. The van der Waals surface area contributed by atoms with E-state index in [2.05, 4.69) is 41.6 Å². The lowest BCUT2D eigenvalue weighted by atomic mass is 10.1. The molecular weight excluding hydrogens is 212 g/mol. The molecule has 1 heterocycles. The van der Waals surface area contributed by atoms with Gasteiger partial charge >= 0.3 is 0 Å². The van der Waals surface area contributed by atoms with Crippen molar-refractivity contribution in [2.24, 2.45) is 7.05 Å². The Kier molecular flexibility index (Phi) is 3.32. The number of hydrogen-bond acceptors (Lipinski definition) is 3. The first kappa shape index (κ1) is 11.5. The van der Waals surface area contributed by atoms with Gasteiger partial charge in [-0.05, 0) is 24.5 Å². The van der Waals surface area contributed by atoms with Crippen LogP contribution in [0.4, 0.5) is 11.5 Å². The van der Waals surface area contributed by atoms with Crippen molar-refractivity contribution in [3.05, 3.63) is 41.6 Å². The maximum Gasteiger partial charge on any atom is 0.171 e. The number of nitrogens with one attached hydrogen (secondary N) is 1. The molecule has 90 valence electrons. The maximum absolute atomic E-state index is 5.80. The number of nitrogens with zero attached hydrogens (tertiary/aromatic N) is 2. The molecule has 2 rings (SSSR count). The molecule has 0 fully saturated rings. The molecule has 0 saturated carbocycles. The van der Waals surface area contributed by atoms with Crippen LogP contribution in [0.2, 0.25) is 0 Å². The van der Waals surface area contributed by atoms with E-state index in [1.165, 1.54) is 11.1 Å². The van der Waals surface area contributed by atoms with Crippen LogP contribution in [-0.2, 0) is 13.5 Å². The van der Waals surface area contributed by atoms with Crippen LogP contribution >= 0.6 is 0 Å². The first-order valence-corrected chi connectivity index (χ1v) is 5.74. The zero-order valence-electron chi connectivity index (χ0n) is 10.3. The van der Waals surface area contributed by atoms with E-state index in [0.29, 0.717) is 5.69 Å². The standard InChI is InChI=1S/C13H18N4/c1-10-5-3-4-6-11(10)7-8-15-13-12(14)9-17(2)16-13/h3-6,9H,7-8,14H2,1-2H3,(H,15,16). The van der Waals surface area contributed by atoms with E-state index < -0.39 is 0 Å². The van der Waals surface area contributed by atoms with Crippen LogP contribution in [0.5, 0.6) is 0 Å². The van der Waals surface area contributed by atoms with Gasteiger partial charge in [-0.25, -0.2) is 0 Å². The Morgan fingerprint density at radius 1 is 1.35 bits per heavy atom. The quantitative estimate of drug-likeness (QED) is 0.844. The molecule has 1 aromatic heterocycles. The molecule has 0 unspecified atom stereocenters. The van der Waals surface area contributed by atoms with Crippen LogP contribution < -0.4 is 11.1 Å². The highest BCUT2D eigenvalue weighted by Crippen LogP contribution is 2.14. The maximum atomic E-state index is 5.80. The molecule has 0 radical (unpaired) electrons. The molecular formula is C13H18N4. The van der Waals surface area contributed by atoms with Crippen molar-refractivity contribution in [3.63, 3.8) is 0 Å². The van der Waals surface area contributed by atoms with Gasteiger partial charge in [0.15, 0.2) is 5.82 Å². The fourth-order valence-corrected chi connectivity index (χ4v) is 1.85. The fourth-order valence-electron chi connectivity index (χ4n) is 1.85. The summed E-state index contributed by atoms with van der Waals surface area (Å²) in [5, 5.41) is 7.50. The van der Waals surface area contributed by atoms with E-state index in [4.69, 9.17) is 5.73 Å². The Morgan fingerprint density at radius 2 is 2.12 bits per heavy atom. The highest BCUT2D eigenvalue weighted by molar-refractivity contribution is 5.59. The minimum absolute atomic E-state index is 0.692. The summed E-state index contributed by atoms with van der Waals surface area (Å²) in [6.07, 6.45) is 2.78. The van der Waals surface area contributed by atoms with Gasteiger partial charge in [0, 0.05) is 19.8 Å². The van der Waals surface area contributed by atoms with Crippen LogP contribution in [-0.4, -0.2) is 16.3 Å². The van der Waals surface area contributed by atoms with E-state index in [-0.39, 0.29) is 0 Å². The Morgan fingerprint density at radius 3 is 2.76 bits per heavy atom. The predicted molar refractivity (Wildman–Crippen MR) is 71.0 cm³/mol. The van der Waals surface area contributed by atoms with Gasteiger partial charge in [-0.2, -0.15) is 5.10 Å². The van der Waals surface area contributed by atoms with Crippen LogP contribution in [0, 0.1) is 6.92 Å². The summed E-state index contributed by atoms with van der Waals surface area (Å²) in [5.74, 6) is 0.765. The number of aromatic nitrogens is 2. The van der Waals surface area contributed by atoms with E-state index in [9.17, 15) is 0 Å². The van der Waals surface area contributed by atoms with Gasteiger partial charge in [0.2, 0.25) is 0 Å². The van der Waals surface area contributed by atoms with E-state index in [1.807, 2.05) is 7.05 Å². The third-order valence-electron chi connectivity index (χ3n) is 2.81. The Labute approximate surface area is 101 Å². The molecule has 4 nitrogen and oxygen atoms in total. The van der Waals surface area contributed by atoms with E-state index in [0.717, 1.165) is 18.8 Å². The van der Waals surface area contributed by atoms with Crippen LogP contribution in [0.15, 0.2) is 30.5 Å². The second kappa shape index (κ2) is 4.91. The molecule has 17 heavy (non-hydrogen) atoms. The zero-order valence-corrected chi connectivity index (χ0v) is 10.3. The van der Waals surface area contributed by atoms with Crippen molar-refractivity contribution < 1.29 is 0 Å². The molecule has 0 spiro atoms. The average molecular weight is 230 g/mol. The number of nitrogens with two attached hydrogens (primary N) is 1. The predicted octanol–water partition coefficient (Wildman–Crippen LogP) is 1.97. The molecule has 0 saturated heterocycles. The van der Waals surface area contributed by atoms with Crippen molar-refractivity contribution in [1.82, 2.24) is 9.78 Å². The number of hydrogen-bond donors (Lipinski definition) is 2. The SMILES string of the molecule is Cc1ccccc1CCNc1nn(C)cc1N. The summed E-state index contributed by atoms with van der Waals surface area (Å²) >= 11 is 0. The summed E-state index contributed by atoms with van der Waals surface area (Å²) in [4.78, 5) is 0. The molecule has 1 aromatic carbocycles. The highest BCUT2D eigenvalue weighted by atomic mass is 15.3. The number of nitrogen functional groups attached to an aromatic ring is 1. The van der Waals surface area contributed by atoms with Gasteiger partial charge < -0.3 is 11.1 Å². The summed E-state index contributed by atoms with van der Waals surface area (Å²) in [5.41, 5.74) is 9.18. The van der Waals surface area contributed by atoms with Crippen molar-refractivity contribution in [1.29, 1.82) is 0 Å². The lowest BCUT2D eigenvalue weighted by Crippen LogP contribution is -2.07. The van der Waals surface area contributed by atoms with E-state index in [1.54, 1.807) is 10.9 Å². The van der Waals surface area contributed by atoms with Crippen molar-refractivity contribution in [2.75, 3.05) is 17.6 Å². The van der Waals surface area contributed by atoms with Crippen molar-refractivity contribution in [2.45, 2.75) is 13.3 Å².